The van der Waals surface area contributed by atoms with Gasteiger partial charge in [0.05, 0.1) is 17.9 Å². The van der Waals surface area contributed by atoms with E-state index in [2.05, 4.69) is 0 Å². The number of hydrogen-bond donors (Lipinski definition) is 0. The van der Waals surface area contributed by atoms with Crippen LogP contribution in [-0.2, 0) is 22.7 Å². The molecule has 4 aromatic carbocycles. The molecule has 48 heavy (non-hydrogen) atoms. The highest BCUT2D eigenvalue weighted by Gasteiger charge is 2.36. The lowest BCUT2D eigenvalue weighted by molar-refractivity contribution is -0.141. The van der Waals surface area contributed by atoms with Crippen molar-refractivity contribution in [3.05, 3.63) is 142 Å². The Bertz CT molecular complexity index is 2160. The zero-order valence-corrected chi connectivity index (χ0v) is 26.5. The van der Waals surface area contributed by atoms with Crippen molar-refractivity contribution in [3.8, 4) is 40.3 Å². The van der Waals surface area contributed by atoms with E-state index in [-0.39, 0.29) is 24.5 Å². The second-order valence-corrected chi connectivity index (χ2v) is 11.6. The van der Waals surface area contributed by atoms with Crippen LogP contribution in [0.1, 0.15) is 23.6 Å². The smallest absolute Gasteiger partial charge is 0.271 e. The van der Waals surface area contributed by atoms with Gasteiger partial charge in [-0.1, -0.05) is 54.1 Å². The van der Waals surface area contributed by atoms with Crippen molar-refractivity contribution >= 4 is 29.5 Å². The number of aromatic nitrogens is 2. The molecule has 0 spiro atoms. The summed E-state index contributed by atoms with van der Waals surface area (Å²) in [4.78, 5) is 28.5. The molecule has 2 aliphatic rings. The summed E-state index contributed by atoms with van der Waals surface area (Å²) in [6.07, 6.45) is 3.52. The molecular formula is C38H27ClN4O5. The number of carbonyl (C=O) groups excluding carboxylic acids is 2. The van der Waals surface area contributed by atoms with Gasteiger partial charge < -0.3 is 14.2 Å². The van der Waals surface area contributed by atoms with Gasteiger partial charge >= 0.3 is 0 Å². The summed E-state index contributed by atoms with van der Waals surface area (Å²) < 4.78 is 18.6. The molecular weight excluding hydrogens is 628 g/mol. The second kappa shape index (κ2) is 12.9. The molecule has 2 amide bonds. The number of benzene rings is 4. The Labute approximate surface area is 281 Å². The molecule has 5 aromatic rings. The molecule has 0 aliphatic carbocycles. The maximum absolute atomic E-state index is 14.0. The minimum absolute atomic E-state index is 0.0457. The normalized spacial score (nSPS) is 14.9. The standard InChI is InChI=1S/C38H27ClN4O5/c1-24-31(37(44)42(38(45)32(24)19-40)20-25-11-16-34-35(17-25)48-23-47-34)18-28-21-43(29-8-3-2-4-9-29)41-36(28)26-12-14-30(15-13-26)46-22-27-7-5-6-10-33(27)39/h2-18,21H,20,22-23H2,1H3/b31-18+. The number of fused-ring (bicyclic) bond motifs is 1. The van der Waals surface area contributed by atoms with E-state index in [1.54, 1.807) is 35.9 Å². The number of para-hydroxylation sites is 1. The molecule has 3 heterocycles. The lowest BCUT2D eigenvalue weighted by Gasteiger charge is -2.27. The summed E-state index contributed by atoms with van der Waals surface area (Å²) in [5.41, 5.74) is 4.79. The van der Waals surface area contributed by atoms with Crippen LogP contribution in [0.25, 0.3) is 23.0 Å². The number of nitriles is 1. The first-order chi connectivity index (χ1) is 23.4. The number of ether oxygens (including phenoxy) is 3. The van der Waals surface area contributed by atoms with Crippen LogP contribution in [0.5, 0.6) is 17.2 Å². The summed E-state index contributed by atoms with van der Waals surface area (Å²) in [6, 6.07) is 31.8. The van der Waals surface area contributed by atoms with Crippen LogP contribution in [0.2, 0.25) is 5.02 Å². The topological polar surface area (TPSA) is 107 Å². The number of hydrogen-bond acceptors (Lipinski definition) is 7. The van der Waals surface area contributed by atoms with Gasteiger partial charge in [-0.25, -0.2) is 4.68 Å². The molecule has 0 unspecified atom stereocenters. The number of nitrogens with zero attached hydrogens (tertiary/aromatic N) is 4. The molecule has 0 saturated heterocycles. The van der Waals surface area contributed by atoms with Gasteiger partial charge in [-0.3, -0.25) is 14.5 Å². The van der Waals surface area contributed by atoms with Crippen molar-refractivity contribution in [1.82, 2.24) is 14.7 Å². The quantitative estimate of drug-likeness (QED) is 0.128. The van der Waals surface area contributed by atoms with Crippen LogP contribution in [0.15, 0.2) is 120 Å². The molecule has 1 aromatic heterocycles. The van der Waals surface area contributed by atoms with Gasteiger partial charge in [0.15, 0.2) is 11.5 Å². The zero-order valence-electron chi connectivity index (χ0n) is 25.7. The van der Waals surface area contributed by atoms with Gasteiger partial charge in [0.2, 0.25) is 6.79 Å². The van der Waals surface area contributed by atoms with Gasteiger partial charge in [-0.15, -0.1) is 0 Å². The maximum Gasteiger partial charge on any atom is 0.271 e. The average molecular weight is 655 g/mol. The van der Waals surface area contributed by atoms with Gasteiger partial charge in [0.1, 0.15) is 24.0 Å². The molecule has 2 aliphatic heterocycles. The van der Waals surface area contributed by atoms with E-state index in [1.165, 1.54) is 0 Å². The highest BCUT2D eigenvalue weighted by molar-refractivity contribution is 6.31. The first kappa shape index (κ1) is 30.5. The minimum Gasteiger partial charge on any atom is -0.489 e. The van der Waals surface area contributed by atoms with Crippen LogP contribution in [0.4, 0.5) is 0 Å². The fourth-order valence-electron chi connectivity index (χ4n) is 5.57. The monoisotopic (exact) mass is 654 g/mol. The number of imide groups is 1. The van der Waals surface area contributed by atoms with Crippen LogP contribution in [0, 0.1) is 11.3 Å². The van der Waals surface area contributed by atoms with E-state index in [0.717, 1.165) is 21.7 Å². The van der Waals surface area contributed by atoms with Crippen molar-refractivity contribution in [2.45, 2.75) is 20.1 Å². The molecule has 0 fully saturated rings. The van der Waals surface area contributed by atoms with E-state index in [4.69, 9.17) is 30.9 Å². The number of carbonyl (C=O) groups is 2. The minimum atomic E-state index is -0.651. The van der Waals surface area contributed by atoms with Crippen molar-refractivity contribution in [1.29, 1.82) is 5.26 Å². The Hall–Kier alpha value is -6.11. The molecule has 0 atom stereocenters. The molecule has 10 heteroatoms. The van der Waals surface area contributed by atoms with Crippen LogP contribution >= 0.6 is 11.6 Å². The summed E-state index contributed by atoms with van der Waals surface area (Å²) in [5, 5.41) is 15.5. The molecule has 7 rings (SSSR count). The second-order valence-electron chi connectivity index (χ2n) is 11.2. The van der Waals surface area contributed by atoms with E-state index >= 15 is 0 Å². The fraction of sp³-hybridized carbons (Fsp3) is 0.105. The average Bonchev–Trinajstić information content (AvgIpc) is 3.76. The third kappa shape index (κ3) is 5.93. The van der Waals surface area contributed by atoms with E-state index in [0.29, 0.717) is 51.3 Å². The first-order valence-electron chi connectivity index (χ1n) is 15.1. The Balaban J connectivity index is 1.25. The van der Waals surface area contributed by atoms with Crippen molar-refractivity contribution < 1.29 is 23.8 Å². The summed E-state index contributed by atoms with van der Waals surface area (Å²) in [6.45, 7) is 1.99. The van der Waals surface area contributed by atoms with Crippen LogP contribution in [-0.4, -0.2) is 33.3 Å². The molecule has 0 saturated carbocycles. The third-order valence-corrected chi connectivity index (χ3v) is 8.51. The summed E-state index contributed by atoms with van der Waals surface area (Å²) >= 11 is 6.29. The van der Waals surface area contributed by atoms with Gasteiger partial charge in [-0.05, 0) is 78.7 Å². The lowest BCUT2D eigenvalue weighted by Crippen LogP contribution is -2.42. The molecule has 0 N–H and O–H groups in total. The van der Waals surface area contributed by atoms with E-state index in [1.807, 2.05) is 91.1 Å². The number of halogens is 1. The molecule has 9 nitrogen and oxygen atoms in total. The highest BCUT2D eigenvalue weighted by atomic mass is 35.5. The largest absolute Gasteiger partial charge is 0.489 e. The third-order valence-electron chi connectivity index (χ3n) is 8.15. The predicted octanol–water partition coefficient (Wildman–Crippen LogP) is 7.29. The zero-order chi connectivity index (χ0) is 33.2. The Morgan fingerprint density at radius 2 is 1.69 bits per heavy atom. The number of rotatable bonds is 8. The first-order valence-corrected chi connectivity index (χ1v) is 15.5. The molecule has 236 valence electrons. The van der Waals surface area contributed by atoms with Crippen molar-refractivity contribution in [2.24, 2.45) is 0 Å². The van der Waals surface area contributed by atoms with E-state index < -0.39 is 11.8 Å². The number of amides is 2. The molecule has 0 bridgehead atoms. The molecule has 0 radical (unpaired) electrons. The fourth-order valence-corrected chi connectivity index (χ4v) is 5.76. The lowest BCUT2D eigenvalue weighted by atomic mass is 9.93. The van der Waals surface area contributed by atoms with Crippen molar-refractivity contribution in [3.63, 3.8) is 0 Å². The Morgan fingerprint density at radius 1 is 0.938 bits per heavy atom. The highest BCUT2D eigenvalue weighted by Crippen LogP contribution is 2.35. The predicted molar refractivity (Wildman–Crippen MR) is 179 cm³/mol. The van der Waals surface area contributed by atoms with Gasteiger partial charge in [0, 0.05) is 33.5 Å². The summed E-state index contributed by atoms with van der Waals surface area (Å²) in [5.74, 6) is 0.606. The Morgan fingerprint density at radius 3 is 2.46 bits per heavy atom. The van der Waals surface area contributed by atoms with Crippen molar-refractivity contribution in [2.75, 3.05) is 6.79 Å². The van der Waals surface area contributed by atoms with E-state index in [9.17, 15) is 14.9 Å². The summed E-state index contributed by atoms with van der Waals surface area (Å²) in [7, 11) is 0. The van der Waals surface area contributed by atoms with Crippen LogP contribution < -0.4 is 14.2 Å². The van der Waals surface area contributed by atoms with Gasteiger partial charge in [-0.2, -0.15) is 10.4 Å². The van der Waals surface area contributed by atoms with Crippen LogP contribution in [0.3, 0.4) is 0 Å². The Kier molecular flexibility index (Phi) is 8.24. The SMILES string of the molecule is CC1=C(C#N)C(=O)N(Cc2ccc3c(c2)OCO3)C(=O)/C1=C/c1cn(-c2ccccc2)nc1-c1ccc(OCc2ccccc2Cl)cc1. The maximum atomic E-state index is 14.0. The van der Waals surface area contributed by atoms with Gasteiger partial charge in [0.25, 0.3) is 11.8 Å².